The lowest BCUT2D eigenvalue weighted by Crippen LogP contribution is -2.34. The van der Waals surface area contributed by atoms with E-state index in [1.165, 1.54) is 5.56 Å². The molecule has 0 atom stereocenters. The van der Waals surface area contributed by atoms with Crippen molar-refractivity contribution in [1.29, 1.82) is 0 Å². The fraction of sp³-hybridized carbons (Fsp3) is 0.462. The zero-order valence-electron chi connectivity index (χ0n) is 9.45. The minimum atomic E-state index is 0.168. The summed E-state index contributed by atoms with van der Waals surface area (Å²) < 4.78 is 0. The molecule has 2 rings (SSSR count). The second kappa shape index (κ2) is 5.00. The molecule has 0 aliphatic heterocycles. The third kappa shape index (κ3) is 2.64. The van der Waals surface area contributed by atoms with E-state index in [1.807, 2.05) is 36.1 Å². The summed E-state index contributed by atoms with van der Waals surface area (Å²) in [5.74, 6) is 0.168. The van der Waals surface area contributed by atoms with E-state index in [0.29, 0.717) is 6.04 Å². The number of amides is 1. The van der Waals surface area contributed by atoms with Crippen LogP contribution in [0.25, 0.3) is 0 Å². The number of carbonyl (C=O) groups is 1. The number of rotatable bonds is 4. The third-order valence-electron chi connectivity index (χ3n) is 2.87. The minimum absolute atomic E-state index is 0.168. The number of hydrogen-bond donors (Lipinski definition) is 0. The maximum atomic E-state index is 12.2. The van der Waals surface area contributed by atoms with Gasteiger partial charge in [0.05, 0.1) is 0 Å². The van der Waals surface area contributed by atoms with Crippen molar-refractivity contribution >= 4 is 21.8 Å². The third-order valence-corrected chi connectivity index (χ3v) is 3.23. The molecule has 1 amide bonds. The summed E-state index contributed by atoms with van der Waals surface area (Å²) in [4.78, 5) is 14.2. The van der Waals surface area contributed by atoms with Crippen LogP contribution in [-0.4, -0.2) is 28.7 Å². The molecule has 1 saturated carbocycles. The van der Waals surface area contributed by atoms with Gasteiger partial charge in [0.15, 0.2) is 0 Å². The van der Waals surface area contributed by atoms with Crippen LogP contribution in [0.3, 0.4) is 0 Å². The molecule has 0 bridgehead atoms. The predicted molar refractivity (Wildman–Crippen MR) is 69.0 cm³/mol. The first-order valence-electron chi connectivity index (χ1n) is 5.66. The Morgan fingerprint density at radius 1 is 1.38 bits per heavy atom. The van der Waals surface area contributed by atoms with Gasteiger partial charge < -0.3 is 4.90 Å². The highest BCUT2D eigenvalue weighted by Gasteiger charge is 2.32. The van der Waals surface area contributed by atoms with Crippen LogP contribution in [0, 0.1) is 6.92 Å². The van der Waals surface area contributed by atoms with Crippen LogP contribution in [0.5, 0.6) is 0 Å². The molecular weight excluding hydrogens is 266 g/mol. The average Bonchev–Trinajstić information content (AvgIpc) is 3.10. The van der Waals surface area contributed by atoms with Gasteiger partial charge in [-0.05, 0) is 31.9 Å². The number of carbonyl (C=O) groups excluding carboxylic acids is 1. The average molecular weight is 282 g/mol. The molecule has 1 aliphatic carbocycles. The van der Waals surface area contributed by atoms with Gasteiger partial charge in [-0.15, -0.1) is 0 Å². The van der Waals surface area contributed by atoms with Crippen molar-refractivity contribution in [1.82, 2.24) is 4.90 Å². The number of benzene rings is 1. The SMILES string of the molecule is Cc1ccc(C(=O)N(CCBr)C2CC2)cc1. The first-order chi connectivity index (χ1) is 7.72. The lowest BCUT2D eigenvalue weighted by atomic mass is 10.1. The Hall–Kier alpha value is -0.830. The molecule has 3 heteroatoms. The maximum absolute atomic E-state index is 12.2. The second-order valence-electron chi connectivity index (χ2n) is 4.28. The van der Waals surface area contributed by atoms with Crippen LogP contribution in [0.2, 0.25) is 0 Å². The van der Waals surface area contributed by atoms with Gasteiger partial charge in [0, 0.05) is 23.5 Å². The lowest BCUT2D eigenvalue weighted by Gasteiger charge is -2.21. The quantitative estimate of drug-likeness (QED) is 0.777. The van der Waals surface area contributed by atoms with Crippen molar-refractivity contribution in [2.75, 3.05) is 11.9 Å². The van der Waals surface area contributed by atoms with E-state index in [-0.39, 0.29) is 5.91 Å². The molecule has 0 N–H and O–H groups in total. The van der Waals surface area contributed by atoms with Crippen molar-refractivity contribution in [3.8, 4) is 0 Å². The molecule has 1 aromatic carbocycles. The molecule has 0 aromatic heterocycles. The van der Waals surface area contributed by atoms with Crippen LogP contribution < -0.4 is 0 Å². The number of nitrogens with zero attached hydrogens (tertiary/aromatic N) is 1. The highest BCUT2D eigenvalue weighted by molar-refractivity contribution is 9.09. The van der Waals surface area contributed by atoms with Crippen LogP contribution in [0.15, 0.2) is 24.3 Å². The van der Waals surface area contributed by atoms with Gasteiger partial charge in [-0.1, -0.05) is 33.6 Å². The largest absolute Gasteiger partial charge is 0.335 e. The summed E-state index contributed by atoms with van der Waals surface area (Å²) in [7, 11) is 0. The summed E-state index contributed by atoms with van der Waals surface area (Å²) in [5, 5.41) is 0.848. The molecule has 0 saturated heterocycles. The van der Waals surface area contributed by atoms with Gasteiger partial charge in [-0.2, -0.15) is 0 Å². The molecule has 86 valence electrons. The smallest absolute Gasteiger partial charge is 0.254 e. The van der Waals surface area contributed by atoms with Gasteiger partial charge in [0.2, 0.25) is 0 Å². The lowest BCUT2D eigenvalue weighted by molar-refractivity contribution is 0.0754. The Morgan fingerprint density at radius 2 is 2.00 bits per heavy atom. The van der Waals surface area contributed by atoms with Crippen LogP contribution >= 0.6 is 15.9 Å². The van der Waals surface area contributed by atoms with E-state index in [0.717, 1.165) is 30.3 Å². The molecule has 1 fully saturated rings. The topological polar surface area (TPSA) is 20.3 Å². The van der Waals surface area contributed by atoms with E-state index in [9.17, 15) is 4.79 Å². The van der Waals surface area contributed by atoms with E-state index in [1.54, 1.807) is 0 Å². The monoisotopic (exact) mass is 281 g/mol. The number of halogens is 1. The van der Waals surface area contributed by atoms with Crippen molar-refractivity contribution in [3.63, 3.8) is 0 Å². The minimum Gasteiger partial charge on any atom is -0.335 e. The Bertz CT molecular complexity index is 370. The van der Waals surface area contributed by atoms with Crippen molar-refractivity contribution < 1.29 is 4.79 Å². The molecule has 0 radical (unpaired) electrons. The summed E-state index contributed by atoms with van der Waals surface area (Å²) >= 11 is 3.40. The van der Waals surface area contributed by atoms with E-state index < -0.39 is 0 Å². The van der Waals surface area contributed by atoms with Gasteiger partial charge in [0.1, 0.15) is 0 Å². The van der Waals surface area contributed by atoms with Gasteiger partial charge in [-0.25, -0.2) is 0 Å². The van der Waals surface area contributed by atoms with Crippen molar-refractivity contribution in [2.24, 2.45) is 0 Å². The summed E-state index contributed by atoms with van der Waals surface area (Å²) in [6.07, 6.45) is 2.31. The molecule has 2 nitrogen and oxygen atoms in total. The van der Waals surface area contributed by atoms with E-state index in [4.69, 9.17) is 0 Å². The molecule has 1 aromatic rings. The van der Waals surface area contributed by atoms with Crippen molar-refractivity contribution in [3.05, 3.63) is 35.4 Å². The Morgan fingerprint density at radius 3 is 2.50 bits per heavy atom. The van der Waals surface area contributed by atoms with Crippen LogP contribution in [0.4, 0.5) is 0 Å². The molecule has 0 unspecified atom stereocenters. The first kappa shape index (κ1) is 11.6. The Kier molecular flexibility index (Phi) is 3.64. The molecule has 16 heavy (non-hydrogen) atoms. The molecular formula is C13H16BrNO. The highest BCUT2D eigenvalue weighted by Crippen LogP contribution is 2.28. The van der Waals surface area contributed by atoms with Crippen molar-refractivity contribution in [2.45, 2.75) is 25.8 Å². The summed E-state index contributed by atoms with van der Waals surface area (Å²) in [5.41, 5.74) is 1.99. The zero-order valence-corrected chi connectivity index (χ0v) is 11.0. The first-order valence-corrected chi connectivity index (χ1v) is 6.78. The van der Waals surface area contributed by atoms with Gasteiger partial charge in [-0.3, -0.25) is 4.79 Å². The highest BCUT2D eigenvalue weighted by atomic mass is 79.9. The Labute approximate surface area is 105 Å². The fourth-order valence-electron chi connectivity index (χ4n) is 1.79. The number of alkyl halides is 1. The van der Waals surface area contributed by atoms with Gasteiger partial charge in [0.25, 0.3) is 5.91 Å². The summed E-state index contributed by atoms with van der Waals surface area (Å²) in [6.45, 7) is 2.84. The van der Waals surface area contributed by atoms with Gasteiger partial charge >= 0.3 is 0 Å². The Balaban J connectivity index is 2.12. The predicted octanol–water partition coefficient (Wildman–Crippen LogP) is 2.99. The summed E-state index contributed by atoms with van der Waals surface area (Å²) in [6, 6.07) is 8.30. The van der Waals surface area contributed by atoms with E-state index in [2.05, 4.69) is 15.9 Å². The van der Waals surface area contributed by atoms with Crippen LogP contribution in [-0.2, 0) is 0 Å². The number of hydrogen-bond acceptors (Lipinski definition) is 1. The zero-order chi connectivity index (χ0) is 11.5. The maximum Gasteiger partial charge on any atom is 0.254 e. The van der Waals surface area contributed by atoms with Crippen LogP contribution in [0.1, 0.15) is 28.8 Å². The normalized spacial score (nSPS) is 14.9. The van der Waals surface area contributed by atoms with E-state index >= 15 is 0 Å². The molecule has 0 heterocycles. The fourth-order valence-corrected chi connectivity index (χ4v) is 2.17. The second-order valence-corrected chi connectivity index (χ2v) is 5.08. The molecule has 1 aliphatic rings. The number of aryl methyl sites for hydroxylation is 1. The molecule has 0 spiro atoms. The standard InChI is InChI=1S/C13H16BrNO/c1-10-2-4-11(5-3-10)13(16)15(9-8-14)12-6-7-12/h2-5,12H,6-9H2,1H3.